The molecule has 0 radical (unpaired) electrons. The predicted molar refractivity (Wildman–Crippen MR) is 89.9 cm³/mol. The van der Waals surface area contributed by atoms with Gasteiger partial charge in [0.25, 0.3) is 0 Å². The van der Waals surface area contributed by atoms with E-state index in [1.54, 1.807) is 0 Å². The van der Waals surface area contributed by atoms with Crippen LogP contribution in [0.15, 0.2) is 36.4 Å². The van der Waals surface area contributed by atoms with E-state index in [4.69, 9.17) is 5.73 Å². The van der Waals surface area contributed by atoms with Crippen molar-refractivity contribution in [1.29, 1.82) is 0 Å². The Hall–Kier alpha value is -1.60. The molecule has 0 aliphatic heterocycles. The first-order valence-electron chi connectivity index (χ1n) is 7.99. The highest BCUT2D eigenvalue weighted by atomic mass is 14.6. The van der Waals surface area contributed by atoms with E-state index in [9.17, 15) is 0 Å². The summed E-state index contributed by atoms with van der Waals surface area (Å²) in [5, 5.41) is 0. The number of nitrogens with two attached hydrogens (primary N) is 1. The quantitative estimate of drug-likeness (QED) is 0.873. The van der Waals surface area contributed by atoms with Crippen molar-refractivity contribution in [2.75, 3.05) is 0 Å². The molecule has 1 heteroatoms. The maximum Gasteiger partial charge on any atom is 0.0109 e. The molecule has 0 spiro atoms. The van der Waals surface area contributed by atoms with Crippen LogP contribution in [0.3, 0.4) is 0 Å². The first-order chi connectivity index (χ1) is 10.0. The number of hydrogen-bond acceptors (Lipinski definition) is 1. The average molecular weight is 279 g/mol. The van der Waals surface area contributed by atoms with Crippen LogP contribution in [0.4, 0.5) is 0 Å². The van der Waals surface area contributed by atoms with Gasteiger partial charge in [0, 0.05) is 12.0 Å². The molecule has 0 heterocycles. The summed E-state index contributed by atoms with van der Waals surface area (Å²) in [6, 6.07) is 14.1. The minimum absolute atomic E-state index is 0.219. The van der Waals surface area contributed by atoms with Gasteiger partial charge in [-0.15, -0.1) is 0 Å². The zero-order valence-electron chi connectivity index (χ0n) is 13.3. The van der Waals surface area contributed by atoms with Crippen molar-refractivity contribution in [2.24, 2.45) is 5.73 Å². The van der Waals surface area contributed by atoms with E-state index >= 15 is 0 Å². The number of hydrogen-bond donors (Lipinski definition) is 1. The lowest BCUT2D eigenvalue weighted by Crippen LogP contribution is -2.20. The summed E-state index contributed by atoms with van der Waals surface area (Å²) in [5.74, 6) is 0.443. The first kappa shape index (κ1) is 14.3. The monoisotopic (exact) mass is 279 g/mol. The molecule has 1 aliphatic carbocycles. The molecule has 2 aromatic rings. The van der Waals surface area contributed by atoms with Crippen LogP contribution in [-0.4, -0.2) is 6.04 Å². The van der Waals surface area contributed by atoms with Gasteiger partial charge >= 0.3 is 0 Å². The number of fused-ring (bicyclic) bond motifs is 2. The second-order valence-electron chi connectivity index (χ2n) is 6.67. The Morgan fingerprint density at radius 3 is 1.86 bits per heavy atom. The van der Waals surface area contributed by atoms with E-state index in [1.165, 1.54) is 33.4 Å². The number of benzene rings is 2. The summed E-state index contributed by atoms with van der Waals surface area (Å²) < 4.78 is 0. The molecule has 2 N–H and O–H groups in total. The minimum atomic E-state index is 0.219. The van der Waals surface area contributed by atoms with Gasteiger partial charge < -0.3 is 5.73 Å². The molecule has 0 saturated carbocycles. The van der Waals surface area contributed by atoms with Gasteiger partial charge in [0.2, 0.25) is 0 Å². The fourth-order valence-electron chi connectivity index (χ4n) is 3.64. The molecule has 3 rings (SSSR count). The second kappa shape index (κ2) is 5.65. The van der Waals surface area contributed by atoms with Crippen molar-refractivity contribution in [2.45, 2.75) is 52.0 Å². The van der Waals surface area contributed by atoms with Gasteiger partial charge in [-0.05, 0) is 62.3 Å². The molecule has 110 valence electrons. The van der Waals surface area contributed by atoms with Gasteiger partial charge in [0.1, 0.15) is 0 Å². The predicted octanol–water partition coefficient (Wildman–Crippen LogP) is 4.27. The average Bonchev–Trinajstić information content (AvgIpc) is 2.56. The standard InChI is InChI=1S/C20H25N/c1-13-4-8-18-16(10-13)6-7-17-11-14(2)5-9-19(17)20(18)12-15(3)21/h4-5,8-11,15,20H,6-7,12,21H2,1-3H3/t15-/m1/s1. The van der Waals surface area contributed by atoms with Crippen LogP contribution in [0.1, 0.15) is 52.6 Å². The summed E-state index contributed by atoms with van der Waals surface area (Å²) in [5.41, 5.74) is 14.9. The highest BCUT2D eigenvalue weighted by Crippen LogP contribution is 2.37. The van der Waals surface area contributed by atoms with Crippen molar-refractivity contribution in [3.05, 3.63) is 69.8 Å². The summed E-state index contributed by atoms with van der Waals surface area (Å²) >= 11 is 0. The van der Waals surface area contributed by atoms with Gasteiger partial charge in [-0.3, -0.25) is 0 Å². The van der Waals surface area contributed by atoms with Crippen LogP contribution in [0.5, 0.6) is 0 Å². The number of rotatable bonds is 2. The summed E-state index contributed by atoms with van der Waals surface area (Å²) in [6.45, 7) is 6.48. The van der Waals surface area contributed by atoms with Crippen LogP contribution in [0.2, 0.25) is 0 Å². The maximum absolute atomic E-state index is 6.15. The molecule has 1 nitrogen and oxygen atoms in total. The molecule has 1 aliphatic rings. The fourth-order valence-corrected chi connectivity index (χ4v) is 3.64. The van der Waals surface area contributed by atoms with Gasteiger partial charge in [0.15, 0.2) is 0 Å². The Morgan fingerprint density at radius 2 is 1.43 bits per heavy atom. The van der Waals surface area contributed by atoms with Crippen molar-refractivity contribution in [3.63, 3.8) is 0 Å². The molecule has 0 unspecified atom stereocenters. The van der Waals surface area contributed by atoms with E-state index in [-0.39, 0.29) is 6.04 Å². The Bertz CT molecular complexity index is 601. The van der Waals surface area contributed by atoms with Gasteiger partial charge in [-0.2, -0.15) is 0 Å². The van der Waals surface area contributed by atoms with Gasteiger partial charge in [-0.1, -0.05) is 47.5 Å². The van der Waals surface area contributed by atoms with Crippen LogP contribution in [0, 0.1) is 13.8 Å². The molecular formula is C20H25N. The molecular weight excluding hydrogens is 254 g/mol. The van der Waals surface area contributed by atoms with E-state index in [0.29, 0.717) is 5.92 Å². The Kier molecular flexibility index (Phi) is 3.86. The summed E-state index contributed by atoms with van der Waals surface area (Å²) in [6.07, 6.45) is 3.30. The molecule has 1 atom stereocenters. The third kappa shape index (κ3) is 2.89. The molecule has 0 amide bonds. The minimum Gasteiger partial charge on any atom is -0.328 e. The fraction of sp³-hybridized carbons (Fsp3) is 0.400. The Morgan fingerprint density at radius 1 is 0.952 bits per heavy atom. The van der Waals surface area contributed by atoms with Crippen molar-refractivity contribution in [3.8, 4) is 0 Å². The topological polar surface area (TPSA) is 26.0 Å². The maximum atomic E-state index is 6.15. The van der Waals surface area contributed by atoms with E-state index in [0.717, 1.165) is 19.3 Å². The number of aryl methyl sites for hydroxylation is 4. The summed E-state index contributed by atoms with van der Waals surface area (Å²) in [7, 11) is 0. The van der Waals surface area contributed by atoms with Crippen molar-refractivity contribution in [1.82, 2.24) is 0 Å². The van der Waals surface area contributed by atoms with Crippen molar-refractivity contribution >= 4 is 0 Å². The zero-order chi connectivity index (χ0) is 15.0. The third-order valence-corrected chi connectivity index (χ3v) is 4.62. The lowest BCUT2D eigenvalue weighted by molar-refractivity contribution is 0.606. The highest BCUT2D eigenvalue weighted by molar-refractivity contribution is 5.47. The highest BCUT2D eigenvalue weighted by Gasteiger charge is 2.24. The lowest BCUT2D eigenvalue weighted by atomic mass is 9.83. The van der Waals surface area contributed by atoms with Gasteiger partial charge in [-0.25, -0.2) is 0 Å². The van der Waals surface area contributed by atoms with Crippen LogP contribution < -0.4 is 5.73 Å². The van der Waals surface area contributed by atoms with Crippen molar-refractivity contribution < 1.29 is 0 Å². The molecule has 21 heavy (non-hydrogen) atoms. The van der Waals surface area contributed by atoms with Crippen LogP contribution >= 0.6 is 0 Å². The van der Waals surface area contributed by atoms with E-state index in [1.807, 2.05) is 0 Å². The summed E-state index contributed by atoms with van der Waals surface area (Å²) in [4.78, 5) is 0. The molecule has 0 bridgehead atoms. The molecule has 0 fully saturated rings. The second-order valence-corrected chi connectivity index (χ2v) is 6.67. The van der Waals surface area contributed by atoms with E-state index in [2.05, 4.69) is 57.2 Å². The smallest absolute Gasteiger partial charge is 0.0109 e. The van der Waals surface area contributed by atoms with Gasteiger partial charge in [0.05, 0.1) is 0 Å². The SMILES string of the molecule is Cc1ccc2c(c1)CCc1cc(C)ccc1C2C[C@@H](C)N. The third-order valence-electron chi connectivity index (χ3n) is 4.62. The van der Waals surface area contributed by atoms with Crippen LogP contribution in [0.25, 0.3) is 0 Å². The lowest BCUT2D eigenvalue weighted by Gasteiger charge is -2.22. The zero-order valence-corrected chi connectivity index (χ0v) is 13.3. The Balaban J connectivity index is 2.15. The molecule has 2 aromatic carbocycles. The van der Waals surface area contributed by atoms with Crippen LogP contribution in [-0.2, 0) is 12.8 Å². The first-order valence-corrected chi connectivity index (χ1v) is 7.99. The normalized spacial score (nSPS) is 16.0. The Labute approximate surface area is 128 Å². The van der Waals surface area contributed by atoms with E-state index < -0.39 is 0 Å². The molecule has 0 saturated heterocycles. The molecule has 0 aromatic heterocycles. The largest absolute Gasteiger partial charge is 0.328 e.